The summed E-state index contributed by atoms with van der Waals surface area (Å²) in [4.78, 5) is 2.03. The average Bonchev–Trinajstić information content (AvgIpc) is 2.33. The molecular formula is C8H17FN2. The molecule has 1 atom stereocenters. The third-order valence-corrected chi connectivity index (χ3v) is 2.20. The normalized spacial score (nSPS) is 31.6. The molecule has 3 heteroatoms. The van der Waals surface area contributed by atoms with E-state index in [2.05, 4.69) is 5.32 Å². The SMILES string of the molecule is CN(C)CCC1(F)CCNC1. The Balaban J connectivity index is 2.23. The van der Waals surface area contributed by atoms with Crippen LogP contribution < -0.4 is 5.32 Å². The van der Waals surface area contributed by atoms with Gasteiger partial charge in [-0.05, 0) is 33.5 Å². The summed E-state index contributed by atoms with van der Waals surface area (Å²) in [5.41, 5.74) is -0.926. The molecule has 1 saturated heterocycles. The zero-order valence-electron chi connectivity index (χ0n) is 7.36. The highest BCUT2D eigenvalue weighted by Crippen LogP contribution is 2.23. The minimum absolute atomic E-state index is 0.542. The largest absolute Gasteiger partial charge is 0.313 e. The van der Waals surface area contributed by atoms with Crippen molar-refractivity contribution in [3.63, 3.8) is 0 Å². The fourth-order valence-corrected chi connectivity index (χ4v) is 1.35. The smallest absolute Gasteiger partial charge is 0.125 e. The molecule has 0 aromatic heterocycles. The standard InChI is InChI=1S/C8H17FN2/c1-11(2)6-4-8(9)3-5-10-7-8/h10H,3-7H2,1-2H3. The van der Waals surface area contributed by atoms with Crippen molar-refractivity contribution in [2.75, 3.05) is 33.7 Å². The van der Waals surface area contributed by atoms with E-state index in [4.69, 9.17) is 0 Å². The Morgan fingerprint density at radius 2 is 2.27 bits per heavy atom. The Bertz CT molecular complexity index is 119. The van der Waals surface area contributed by atoms with E-state index >= 15 is 0 Å². The first-order chi connectivity index (χ1) is 5.12. The van der Waals surface area contributed by atoms with Crippen LogP contribution in [0.3, 0.4) is 0 Å². The van der Waals surface area contributed by atoms with Gasteiger partial charge in [-0.1, -0.05) is 0 Å². The fourth-order valence-electron chi connectivity index (χ4n) is 1.35. The Morgan fingerprint density at radius 3 is 2.73 bits per heavy atom. The summed E-state index contributed by atoms with van der Waals surface area (Å²) < 4.78 is 13.6. The van der Waals surface area contributed by atoms with Crippen LogP contribution in [0.4, 0.5) is 4.39 Å². The average molecular weight is 160 g/mol. The Kier molecular flexibility index (Phi) is 2.84. The molecule has 66 valence electrons. The molecule has 0 spiro atoms. The number of nitrogens with zero attached hydrogens (tertiary/aromatic N) is 1. The molecule has 0 bridgehead atoms. The molecule has 2 nitrogen and oxygen atoms in total. The lowest BCUT2D eigenvalue weighted by Gasteiger charge is -2.20. The van der Waals surface area contributed by atoms with E-state index in [0.29, 0.717) is 19.4 Å². The summed E-state index contributed by atoms with van der Waals surface area (Å²) >= 11 is 0. The maximum absolute atomic E-state index is 13.6. The minimum atomic E-state index is -0.926. The molecule has 0 aromatic rings. The van der Waals surface area contributed by atoms with Gasteiger partial charge < -0.3 is 10.2 Å². The monoisotopic (exact) mass is 160 g/mol. The molecule has 1 N–H and O–H groups in total. The molecule has 1 fully saturated rings. The second kappa shape index (κ2) is 3.50. The van der Waals surface area contributed by atoms with Gasteiger partial charge in [0.1, 0.15) is 5.67 Å². The van der Waals surface area contributed by atoms with Crippen molar-refractivity contribution >= 4 is 0 Å². The van der Waals surface area contributed by atoms with Crippen LogP contribution in [0.15, 0.2) is 0 Å². The molecule has 1 aliphatic heterocycles. The van der Waals surface area contributed by atoms with Gasteiger partial charge in [0.05, 0.1) is 0 Å². The van der Waals surface area contributed by atoms with E-state index in [0.717, 1.165) is 13.1 Å². The van der Waals surface area contributed by atoms with E-state index in [1.54, 1.807) is 0 Å². The van der Waals surface area contributed by atoms with Crippen molar-refractivity contribution in [1.82, 2.24) is 10.2 Å². The lowest BCUT2D eigenvalue weighted by Crippen LogP contribution is -2.30. The van der Waals surface area contributed by atoms with Crippen LogP contribution in [0, 0.1) is 0 Å². The summed E-state index contributed by atoms with van der Waals surface area (Å²) in [6.45, 7) is 2.23. The maximum Gasteiger partial charge on any atom is 0.125 e. The second-order valence-electron chi connectivity index (χ2n) is 3.63. The van der Waals surface area contributed by atoms with Crippen LogP contribution in [-0.4, -0.2) is 44.3 Å². The number of nitrogens with one attached hydrogen (secondary N) is 1. The van der Waals surface area contributed by atoms with Gasteiger partial charge in [-0.2, -0.15) is 0 Å². The predicted molar refractivity (Wildman–Crippen MR) is 44.5 cm³/mol. The first-order valence-corrected chi connectivity index (χ1v) is 4.17. The molecule has 1 aliphatic rings. The molecule has 0 saturated carbocycles. The first kappa shape index (κ1) is 8.94. The Labute approximate surface area is 67.8 Å². The quantitative estimate of drug-likeness (QED) is 0.651. The number of rotatable bonds is 3. The molecule has 0 amide bonds. The number of alkyl halides is 1. The van der Waals surface area contributed by atoms with Crippen LogP contribution in [0.25, 0.3) is 0 Å². The lowest BCUT2D eigenvalue weighted by atomic mass is 10.0. The molecule has 0 radical (unpaired) electrons. The Morgan fingerprint density at radius 1 is 1.55 bits per heavy atom. The lowest BCUT2D eigenvalue weighted by molar-refractivity contribution is 0.159. The van der Waals surface area contributed by atoms with E-state index in [1.807, 2.05) is 19.0 Å². The molecule has 0 aliphatic carbocycles. The zero-order valence-corrected chi connectivity index (χ0v) is 7.36. The van der Waals surface area contributed by atoms with Crippen LogP contribution in [0.5, 0.6) is 0 Å². The highest BCUT2D eigenvalue weighted by atomic mass is 19.1. The first-order valence-electron chi connectivity index (χ1n) is 4.17. The highest BCUT2D eigenvalue weighted by Gasteiger charge is 2.32. The van der Waals surface area contributed by atoms with Crippen molar-refractivity contribution in [1.29, 1.82) is 0 Å². The molecular weight excluding hydrogens is 143 g/mol. The second-order valence-corrected chi connectivity index (χ2v) is 3.63. The third kappa shape index (κ3) is 2.75. The fraction of sp³-hybridized carbons (Fsp3) is 1.00. The number of hydrogen-bond acceptors (Lipinski definition) is 2. The summed E-state index contributed by atoms with van der Waals surface area (Å²) in [6, 6.07) is 0. The molecule has 11 heavy (non-hydrogen) atoms. The van der Waals surface area contributed by atoms with Crippen molar-refractivity contribution in [3.8, 4) is 0 Å². The van der Waals surface area contributed by atoms with Crippen molar-refractivity contribution in [2.24, 2.45) is 0 Å². The van der Waals surface area contributed by atoms with Crippen molar-refractivity contribution in [2.45, 2.75) is 18.5 Å². The van der Waals surface area contributed by atoms with Gasteiger partial charge in [0.2, 0.25) is 0 Å². The van der Waals surface area contributed by atoms with Crippen LogP contribution in [0.1, 0.15) is 12.8 Å². The predicted octanol–water partition coefficient (Wildman–Crippen LogP) is 0.640. The van der Waals surface area contributed by atoms with Crippen LogP contribution >= 0.6 is 0 Å². The number of hydrogen-bond donors (Lipinski definition) is 1. The van der Waals surface area contributed by atoms with Crippen LogP contribution in [-0.2, 0) is 0 Å². The van der Waals surface area contributed by atoms with Crippen molar-refractivity contribution in [3.05, 3.63) is 0 Å². The number of halogens is 1. The molecule has 0 aromatic carbocycles. The van der Waals surface area contributed by atoms with Gasteiger partial charge in [-0.25, -0.2) is 4.39 Å². The highest BCUT2D eigenvalue weighted by molar-refractivity contribution is 4.88. The molecule has 1 unspecified atom stereocenters. The van der Waals surface area contributed by atoms with Gasteiger partial charge in [0.25, 0.3) is 0 Å². The van der Waals surface area contributed by atoms with Gasteiger partial charge in [-0.15, -0.1) is 0 Å². The van der Waals surface area contributed by atoms with Gasteiger partial charge in [0, 0.05) is 13.1 Å². The minimum Gasteiger partial charge on any atom is -0.313 e. The van der Waals surface area contributed by atoms with E-state index in [-0.39, 0.29) is 0 Å². The van der Waals surface area contributed by atoms with Gasteiger partial charge in [0.15, 0.2) is 0 Å². The molecule has 1 heterocycles. The topological polar surface area (TPSA) is 15.3 Å². The van der Waals surface area contributed by atoms with Gasteiger partial charge >= 0.3 is 0 Å². The van der Waals surface area contributed by atoms with Gasteiger partial charge in [-0.3, -0.25) is 0 Å². The van der Waals surface area contributed by atoms with Crippen LogP contribution in [0.2, 0.25) is 0 Å². The summed E-state index contributed by atoms with van der Waals surface area (Å²) in [5.74, 6) is 0. The Hall–Kier alpha value is -0.150. The summed E-state index contributed by atoms with van der Waals surface area (Å²) in [5, 5.41) is 3.04. The molecule has 1 rings (SSSR count). The maximum atomic E-state index is 13.6. The zero-order chi connectivity index (χ0) is 8.32. The van der Waals surface area contributed by atoms with E-state index < -0.39 is 5.67 Å². The third-order valence-electron chi connectivity index (χ3n) is 2.20. The van der Waals surface area contributed by atoms with E-state index in [9.17, 15) is 4.39 Å². The summed E-state index contributed by atoms with van der Waals surface area (Å²) in [6.07, 6.45) is 1.34. The van der Waals surface area contributed by atoms with E-state index in [1.165, 1.54) is 0 Å². The summed E-state index contributed by atoms with van der Waals surface area (Å²) in [7, 11) is 3.96. The van der Waals surface area contributed by atoms with Crippen molar-refractivity contribution < 1.29 is 4.39 Å².